The average molecular weight is 345 g/mol. The zero-order chi connectivity index (χ0) is 17.3. The predicted octanol–water partition coefficient (Wildman–Crippen LogP) is 4.91. The van der Waals surface area contributed by atoms with Gasteiger partial charge in [0.15, 0.2) is 0 Å². The van der Waals surface area contributed by atoms with E-state index in [-0.39, 0.29) is 6.09 Å². The number of halogens is 1. The van der Waals surface area contributed by atoms with Crippen LogP contribution in [0.3, 0.4) is 0 Å². The fourth-order valence-corrected chi connectivity index (χ4v) is 2.95. The number of pyridine rings is 1. The fourth-order valence-electron chi connectivity index (χ4n) is 2.69. The molecule has 1 aromatic carbocycles. The number of aromatic nitrogens is 1. The van der Waals surface area contributed by atoms with Crippen molar-refractivity contribution < 1.29 is 9.53 Å². The number of carbonyl (C=O) groups excluding carboxylic acids is 1. The van der Waals surface area contributed by atoms with Crippen LogP contribution in [0, 0.1) is 0 Å². The lowest BCUT2D eigenvalue weighted by Crippen LogP contribution is -2.39. The molecule has 0 spiro atoms. The van der Waals surface area contributed by atoms with Crippen molar-refractivity contribution in [1.29, 1.82) is 0 Å². The van der Waals surface area contributed by atoms with Crippen LogP contribution in [0.2, 0.25) is 5.02 Å². The SMILES string of the molecule is CC(C)(C)OC(=O)N1CC=C(c2cc(Cl)c3ccccc3n2)CC1. The maximum absolute atomic E-state index is 12.1. The number of nitrogens with zero attached hydrogens (tertiary/aromatic N) is 2. The molecular weight excluding hydrogens is 324 g/mol. The maximum Gasteiger partial charge on any atom is 0.410 e. The number of amides is 1. The lowest BCUT2D eigenvalue weighted by molar-refractivity contribution is 0.0270. The third-order valence-corrected chi connectivity index (χ3v) is 4.17. The lowest BCUT2D eigenvalue weighted by Gasteiger charge is -2.29. The second-order valence-electron chi connectivity index (χ2n) is 6.91. The van der Waals surface area contributed by atoms with E-state index in [1.54, 1.807) is 4.90 Å². The largest absolute Gasteiger partial charge is 0.444 e. The van der Waals surface area contributed by atoms with Crippen LogP contribution in [0.15, 0.2) is 36.4 Å². The Hall–Kier alpha value is -2.07. The van der Waals surface area contributed by atoms with Gasteiger partial charge in [-0.3, -0.25) is 0 Å². The van der Waals surface area contributed by atoms with Gasteiger partial charge in [-0.15, -0.1) is 0 Å². The first-order valence-electron chi connectivity index (χ1n) is 8.06. The van der Waals surface area contributed by atoms with Gasteiger partial charge in [-0.1, -0.05) is 35.9 Å². The Morgan fingerprint density at radius 2 is 2.04 bits per heavy atom. The van der Waals surface area contributed by atoms with Gasteiger partial charge >= 0.3 is 6.09 Å². The van der Waals surface area contributed by atoms with E-state index in [2.05, 4.69) is 0 Å². The number of hydrogen-bond donors (Lipinski definition) is 0. The normalized spacial score (nSPS) is 15.3. The first-order valence-corrected chi connectivity index (χ1v) is 8.44. The van der Waals surface area contributed by atoms with E-state index in [4.69, 9.17) is 21.3 Å². The van der Waals surface area contributed by atoms with Crippen LogP contribution in [-0.2, 0) is 4.74 Å². The molecule has 1 aliphatic rings. The van der Waals surface area contributed by atoms with Gasteiger partial charge in [0.25, 0.3) is 0 Å². The van der Waals surface area contributed by atoms with Gasteiger partial charge in [-0.25, -0.2) is 9.78 Å². The summed E-state index contributed by atoms with van der Waals surface area (Å²) in [5.74, 6) is 0. The minimum atomic E-state index is -0.478. The summed E-state index contributed by atoms with van der Waals surface area (Å²) in [5.41, 5.74) is 2.40. The van der Waals surface area contributed by atoms with Gasteiger partial charge in [0, 0.05) is 18.5 Å². The van der Waals surface area contributed by atoms with Crippen LogP contribution < -0.4 is 0 Å². The molecule has 0 fully saturated rings. The molecule has 0 unspecified atom stereocenters. The van der Waals surface area contributed by atoms with Gasteiger partial charge in [0.1, 0.15) is 5.60 Å². The zero-order valence-electron chi connectivity index (χ0n) is 14.2. The molecule has 0 aliphatic carbocycles. The van der Waals surface area contributed by atoms with E-state index in [0.29, 0.717) is 18.1 Å². The minimum Gasteiger partial charge on any atom is -0.444 e. The molecular formula is C19H21ClN2O2. The molecule has 3 rings (SSSR count). The predicted molar refractivity (Wildman–Crippen MR) is 97.2 cm³/mol. The monoisotopic (exact) mass is 344 g/mol. The fraction of sp³-hybridized carbons (Fsp3) is 0.368. The molecule has 1 aromatic heterocycles. The van der Waals surface area contributed by atoms with Crippen molar-refractivity contribution >= 4 is 34.2 Å². The highest BCUT2D eigenvalue weighted by Gasteiger charge is 2.24. The molecule has 0 radical (unpaired) electrons. The van der Waals surface area contributed by atoms with Crippen molar-refractivity contribution in [1.82, 2.24) is 9.88 Å². The second-order valence-corrected chi connectivity index (χ2v) is 7.32. The molecule has 2 heterocycles. The molecule has 5 heteroatoms. The van der Waals surface area contributed by atoms with E-state index in [0.717, 1.165) is 28.6 Å². The van der Waals surface area contributed by atoms with Crippen LogP contribution in [0.25, 0.3) is 16.5 Å². The Bertz CT molecular complexity index is 809. The summed E-state index contributed by atoms with van der Waals surface area (Å²) in [6.45, 7) is 6.76. The van der Waals surface area contributed by atoms with E-state index < -0.39 is 5.60 Å². The van der Waals surface area contributed by atoms with E-state index in [1.807, 2.05) is 57.2 Å². The summed E-state index contributed by atoms with van der Waals surface area (Å²) in [4.78, 5) is 18.5. The summed E-state index contributed by atoms with van der Waals surface area (Å²) in [6.07, 6.45) is 2.49. The highest BCUT2D eigenvalue weighted by Crippen LogP contribution is 2.28. The molecule has 1 amide bonds. The van der Waals surface area contributed by atoms with Crippen LogP contribution in [0.5, 0.6) is 0 Å². The van der Waals surface area contributed by atoms with Gasteiger partial charge in [-0.2, -0.15) is 0 Å². The van der Waals surface area contributed by atoms with Gasteiger partial charge in [0.05, 0.1) is 16.2 Å². The van der Waals surface area contributed by atoms with Crippen molar-refractivity contribution in [2.24, 2.45) is 0 Å². The Balaban J connectivity index is 1.79. The standard InChI is InChI=1S/C19H21ClN2O2/c1-19(2,3)24-18(23)22-10-8-13(9-11-22)17-12-15(20)14-6-4-5-7-16(14)21-17/h4-8,12H,9-11H2,1-3H3. The zero-order valence-corrected chi connectivity index (χ0v) is 14.9. The number of para-hydroxylation sites is 1. The van der Waals surface area contributed by atoms with E-state index in [1.165, 1.54) is 0 Å². The summed E-state index contributed by atoms with van der Waals surface area (Å²) >= 11 is 6.38. The lowest BCUT2D eigenvalue weighted by atomic mass is 10.0. The maximum atomic E-state index is 12.1. The minimum absolute atomic E-state index is 0.276. The summed E-state index contributed by atoms with van der Waals surface area (Å²) in [5, 5.41) is 1.65. The second kappa shape index (κ2) is 6.44. The van der Waals surface area contributed by atoms with Crippen LogP contribution in [0.4, 0.5) is 4.79 Å². The number of rotatable bonds is 1. The molecule has 2 aromatic rings. The molecule has 0 N–H and O–H groups in total. The van der Waals surface area contributed by atoms with Crippen molar-refractivity contribution in [3.05, 3.63) is 47.1 Å². The van der Waals surface area contributed by atoms with Crippen LogP contribution >= 0.6 is 11.6 Å². The van der Waals surface area contributed by atoms with Crippen molar-refractivity contribution in [2.45, 2.75) is 32.8 Å². The van der Waals surface area contributed by atoms with Crippen LogP contribution in [-0.4, -0.2) is 34.7 Å². The first-order chi connectivity index (χ1) is 11.3. The number of hydrogen-bond acceptors (Lipinski definition) is 3. The van der Waals surface area contributed by atoms with Crippen LogP contribution in [0.1, 0.15) is 32.9 Å². The number of benzene rings is 1. The quantitative estimate of drug-likeness (QED) is 0.738. The van der Waals surface area contributed by atoms with E-state index >= 15 is 0 Å². The van der Waals surface area contributed by atoms with Crippen molar-refractivity contribution in [2.75, 3.05) is 13.1 Å². The van der Waals surface area contributed by atoms with Gasteiger partial charge < -0.3 is 9.64 Å². The van der Waals surface area contributed by atoms with Gasteiger partial charge in [0.2, 0.25) is 0 Å². The Morgan fingerprint density at radius 1 is 1.29 bits per heavy atom. The molecule has 0 atom stereocenters. The average Bonchev–Trinajstić information content (AvgIpc) is 2.53. The Kier molecular flexibility index (Phi) is 4.50. The summed E-state index contributed by atoms with van der Waals surface area (Å²) in [7, 11) is 0. The molecule has 0 saturated carbocycles. The van der Waals surface area contributed by atoms with E-state index in [9.17, 15) is 4.79 Å². The van der Waals surface area contributed by atoms with Crippen molar-refractivity contribution in [3.63, 3.8) is 0 Å². The highest BCUT2D eigenvalue weighted by molar-refractivity contribution is 6.35. The van der Waals surface area contributed by atoms with Crippen molar-refractivity contribution in [3.8, 4) is 0 Å². The topological polar surface area (TPSA) is 42.4 Å². The molecule has 4 nitrogen and oxygen atoms in total. The Labute approximate surface area is 147 Å². The molecule has 1 aliphatic heterocycles. The third-order valence-electron chi connectivity index (χ3n) is 3.86. The third kappa shape index (κ3) is 3.70. The number of ether oxygens (including phenoxy) is 1. The molecule has 24 heavy (non-hydrogen) atoms. The van der Waals surface area contributed by atoms with Gasteiger partial charge in [-0.05, 0) is 44.9 Å². The molecule has 126 valence electrons. The molecule has 0 bridgehead atoms. The first kappa shape index (κ1) is 16.8. The molecule has 0 saturated heterocycles. The Morgan fingerprint density at radius 3 is 2.71 bits per heavy atom. The summed E-state index contributed by atoms with van der Waals surface area (Å²) in [6, 6.07) is 9.73. The number of carbonyl (C=O) groups is 1. The number of fused-ring (bicyclic) bond motifs is 1. The smallest absolute Gasteiger partial charge is 0.410 e. The highest BCUT2D eigenvalue weighted by atomic mass is 35.5. The summed E-state index contributed by atoms with van der Waals surface area (Å²) < 4.78 is 5.42.